The topological polar surface area (TPSA) is 30.0 Å². The lowest BCUT2D eigenvalue weighted by atomic mass is 9.78. The Labute approximate surface area is 165 Å². The lowest BCUT2D eigenvalue weighted by molar-refractivity contribution is 0.00245. The molecule has 27 heavy (non-hydrogen) atoms. The maximum absolute atomic E-state index is 10.1. The summed E-state index contributed by atoms with van der Waals surface area (Å²) in [4.78, 5) is 7.89. The summed E-state index contributed by atoms with van der Waals surface area (Å²) in [6.07, 6.45) is 7.55. The first-order valence-corrected chi connectivity index (χ1v) is 11.1. The van der Waals surface area contributed by atoms with E-state index in [1.165, 1.54) is 76.2 Å². The highest BCUT2D eigenvalue weighted by Gasteiger charge is 2.38. The number of benzene rings is 1. The summed E-state index contributed by atoms with van der Waals surface area (Å²) >= 11 is 0. The molecular formula is C23H37N3O. The molecule has 1 aromatic rings. The number of hydrogen-bond donors (Lipinski definition) is 1. The highest BCUT2D eigenvalue weighted by molar-refractivity contribution is 5.53. The van der Waals surface area contributed by atoms with E-state index in [0.29, 0.717) is 6.61 Å². The van der Waals surface area contributed by atoms with Gasteiger partial charge in [-0.1, -0.05) is 18.2 Å². The van der Waals surface area contributed by atoms with E-state index in [4.69, 9.17) is 0 Å². The van der Waals surface area contributed by atoms with Gasteiger partial charge in [-0.3, -0.25) is 0 Å². The first-order chi connectivity index (χ1) is 13.2. The lowest BCUT2D eigenvalue weighted by Gasteiger charge is -2.47. The van der Waals surface area contributed by atoms with Crippen LogP contribution in [0.15, 0.2) is 24.3 Å². The zero-order chi connectivity index (χ0) is 18.7. The standard InChI is InChI=1S/C23H37N3O/c1-20-6-2-3-7-22(20)26-14-8-21(9-15-26)25-16-10-23(19-27,11-17-25)18-24-12-4-5-13-24/h2-3,6-7,21,27H,4-5,8-19H2,1H3. The number of anilines is 1. The van der Waals surface area contributed by atoms with Gasteiger partial charge >= 0.3 is 0 Å². The summed E-state index contributed by atoms with van der Waals surface area (Å²) in [6.45, 7) is 10.9. The second kappa shape index (κ2) is 8.50. The third-order valence-electron chi connectivity index (χ3n) is 7.39. The van der Waals surface area contributed by atoms with Crippen LogP contribution in [0, 0.1) is 12.3 Å². The third-order valence-corrected chi connectivity index (χ3v) is 7.39. The van der Waals surface area contributed by atoms with Gasteiger partial charge in [0.05, 0.1) is 6.61 Å². The number of aliphatic hydroxyl groups excluding tert-OH is 1. The van der Waals surface area contributed by atoms with Gasteiger partial charge in [0, 0.05) is 36.8 Å². The fourth-order valence-corrected chi connectivity index (χ4v) is 5.53. The minimum absolute atomic E-state index is 0.155. The van der Waals surface area contributed by atoms with Crippen molar-refractivity contribution >= 4 is 5.69 Å². The normalized spacial score (nSPS) is 25.2. The molecule has 3 saturated heterocycles. The summed E-state index contributed by atoms with van der Waals surface area (Å²) < 4.78 is 0. The second-order valence-electron chi connectivity index (χ2n) is 9.18. The highest BCUT2D eigenvalue weighted by atomic mass is 16.3. The maximum Gasteiger partial charge on any atom is 0.0500 e. The molecule has 3 aliphatic heterocycles. The quantitative estimate of drug-likeness (QED) is 0.861. The third kappa shape index (κ3) is 4.33. The van der Waals surface area contributed by atoms with Crippen LogP contribution in [0.5, 0.6) is 0 Å². The van der Waals surface area contributed by atoms with E-state index >= 15 is 0 Å². The number of nitrogens with zero attached hydrogens (tertiary/aromatic N) is 3. The molecule has 0 bridgehead atoms. The largest absolute Gasteiger partial charge is 0.396 e. The summed E-state index contributed by atoms with van der Waals surface area (Å²) in [7, 11) is 0. The fraction of sp³-hybridized carbons (Fsp3) is 0.739. The molecule has 3 aliphatic rings. The number of hydrogen-bond acceptors (Lipinski definition) is 4. The van der Waals surface area contributed by atoms with Crippen LogP contribution in [-0.4, -0.2) is 73.4 Å². The zero-order valence-corrected chi connectivity index (χ0v) is 17.1. The average Bonchev–Trinajstić information content (AvgIpc) is 3.22. The van der Waals surface area contributed by atoms with E-state index in [0.717, 1.165) is 25.4 Å². The van der Waals surface area contributed by atoms with Gasteiger partial charge in [-0.15, -0.1) is 0 Å². The van der Waals surface area contributed by atoms with Crippen molar-refractivity contribution in [3.05, 3.63) is 29.8 Å². The molecule has 1 aromatic carbocycles. The Kier molecular flexibility index (Phi) is 6.05. The smallest absolute Gasteiger partial charge is 0.0500 e. The Bertz CT molecular complexity index is 597. The van der Waals surface area contributed by atoms with Gasteiger partial charge < -0.3 is 19.8 Å². The van der Waals surface area contributed by atoms with E-state index in [1.807, 2.05) is 0 Å². The fourth-order valence-electron chi connectivity index (χ4n) is 5.53. The van der Waals surface area contributed by atoms with Gasteiger partial charge in [-0.2, -0.15) is 0 Å². The molecule has 4 rings (SSSR count). The molecule has 1 N–H and O–H groups in total. The molecule has 0 spiro atoms. The molecule has 0 amide bonds. The average molecular weight is 372 g/mol. The van der Waals surface area contributed by atoms with Crippen LogP contribution in [0.1, 0.15) is 44.1 Å². The number of aryl methyl sites for hydroxylation is 1. The van der Waals surface area contributed by atoms with Gasteiger partial charge in [-0.25, -0.2) is 0 Å². The lowest BCUT2D eigenvalue weighted by Crippen LogP contribution is -2.52. The minimum Gasteiger partial charge on any atom is -0.396 e. The Morgan fingerprint density at radius 3 is 2.26 bits per heavy atom. The molecule has 0 unspecified atom stereocenters. The van der Waals surface area contributed by atoms with Gasteiger partial charge in [0.1, 0.15) is 0 Å². The van der Waals surface area contributed by atoms with E-state index in [-0.39, 0.29) is 5.41 Å². The predicted molar refractivity (Wildman–Crippen MR) is 112 cm³/mol. The number of aliphatic hydroxyl groups is 1. The number of likely N-dealkylation sites (tertiary alicyclic amines) is 2. The Morgan fingerprint density at radius 1 is 0.963 bits per heavy atom. The Balaban J connectivity index is 1.28. The van der Waals surface area contributed by atoms with Gasteiger partial charge in [0.15, 0.2) is 0 Å². The van der Waals surface area contributed by atoms with Gasteiger partial charge in [-0.05, 0) is 83.3 Å². The van der Waals surface area contributed by atoms with Crippen molar-refractivity contribution in [2.45, 2.75) is 51.5 Å². The predicted octanol–water partition coefficient (Wildman–Crippen LogP) is 3.13. The van der Waals surface area contributed by atoms with Crippen LogP contribution in [-0.2, 0) is 0 Å². The van der Waals surface area contributed by atoms with Crippen molar-refractivity contribution in [3.63, 3.8) is 0 Å². The van der Waals surface area contributed by atoms with E-state index in [2.05, 4.69) is 45.9 Å². The van der Waals surface area contributed by atoms with Crippen LogP contribution in [0.25, 0.3) is 0 Å². The molecule has 0 radical (unpaired) electrons. The van der Waals surface area contributed by atoms with Crippen molar-refractivity contribution in [2.75, 3.05) is 57.3 Å². The van der Waals surface area contributed by atoms with Crippen molar-refractivity contribution in [3.8, 4) is 0 Å². The first-order valence-electron chi connectivity index (χ1n) is 11.1. The number of piperidine rings is 2. The van der Waals surface area contributed by atoms with Gasteiger partial charge in [0.2, 0.25) is 0 Å². The second-order valence-corrected chi connectivity index (χ2v) is 9.18. The number of rotatable bonds is 5. The molecule has 0 aromatic heterocycles. The van der Waals surface area contributed by atoms with E-state index < -0.39 is 0 Å². The summed E-state index contributed by atoms with van der Waals surface area (Å²) in [6, 6.07) is 9.52. The Morgan fingerprint density at radius 2 is 1.63 bits per heavy atom. The van der Waals surface area contributed by atoms with Crippen molar-refractivity contribution < 1.29 is 5.11 Å². The van der Waals surface area contributed by atoms with E-state index in [1.54, 1.807) is 0 Å². The SMILES string of the molecule is Cc1ccccc1N1CCC(N2CCC(CO)(CN3CCCC3)CC2)CC1. The van der Waals surface area contributed by atoms with Crippen LogP contribution >= 0.6 is 0 Å². The molecule has 4 nitrogen and oxygen atoms in total. The maximum atomic E-state index is 10.1. The van der Waals surface area contributed by atoms with Crippen molar-refractivity contribution in [1.29, 1.82) is 0 Å². The summed E-state index contributed by atoms with van der Waals surface area (Å²) in [5.74, 6) is 0. The zero-order valence-electron chi connectivity index (χ0n) is 17.1. The van der Waals surface area contributed by atoms with Crippen molar-refractivity contribution in [2.24, 2.45) is 5.41 Å². The highest BCUT2D eigenvalue weighted by Crippen LogP contribution is 2.35. The van der Waals surface area contributed by atoms with Crippen LogP contribution in [0.4, 0.5) is 5.69 Å². The van der Waals surface area contributed by atoms with Crippen LogP contribution < -0.4 is 4.90 Å². The molecule has 3 heterocycles. The molecule has 4 heteroatoms. The Hall–Kier alpha value is -1.10. The molecule has 0 aliphatic carbocycles. The molecule has 3 fully saturated rings. The van der Waals surface area contributed by atoms with Crippen LogP contribution in [0.2, 0.25) is 0 Å². The minimum atomic E-state index is 0.155. The first kappa shape index (κ1) is 19.2. The summed E-state index contributed by atoms with van der Waals surface area (Å²) in [5.41, 5.74) is 2.96. The van der Waals surface area contributed by atoms with E-state index in [9.17, 15) is 5.11 Å². The molecule has 0 saturated carbocycles. The van der Waals surface area contributed by atoms with Crippen LogP contribution in [0.3, 0.4) is 0 Å². The molecular weight excluding hydrogens is 334 g/mol. The summed E-state index contributed by atoms with van der Waals surface area (Å²) in [5, 5.41) is 10.1. The van der Waals surface area contributed by atoms with Gasteiger partial charge in [0.25, 0.3) is 0 Å². The number of para-hydroxylation sites is 1. The molecule has 150 valence electrons. The van der Waals surface area contributed by atoms with Crippen molar-refractivity contribution in [1.82, 2.24) is 9.80 Å². The molecule has 0 atom stereocenters. The monoisotopic (exact) mass is 371 g/mol.